The standard InChI is InChI=1S/C15H21ClFNO2/c1-19-14-4-2-3-12(15(14)17)11-18-8-5-13(6-9-18)20-10-7-16/h2-4,13H,5-11H2,1H3. The first-order valence-corrected chi connectivity index (χ1v) is 7.49. The van der Waals surface area contributed by atoms with Crippen LogP contribution in [0.1, 0.15) is 18.4 Å². The summed E-state index contributed by atoms with van der Waals surface area (Å²) in [5, 5.41) is 0. The fraction of sp³-hybridized carbons (Fsp3) is 0.600. The number of benzene rings is 1. The van der Waals surface area contributed by atoms with Crippen LogP contribution in [-0.4, -0.2) is 43.7 Å². The summed E-state index contributed by atoms with van der Waals surface area (Å²) in [7, 11) is 1.49. The normalized spacial score (nSPS) is 17.4. The number of hydrogen-bond donors (Lipinski definition) is 0. The number of alkyl halides is 1. The van der Waals surface area contributed by atoms with Crippen LogP contribution in [0.2, 0.25) is 0 Å². The molecule has 5 heteroatoms. The number of likely N-dealkylation sites (tertiary alicyclic amines) is 1. The van der Waals surface area contributed by atoms with Gasteiger partial charge in [-0.05, 0) is 18.9 Å². The van der Waals surface area contributed by atoms with Crippen molar-refractivity contribution < 1.29 is 13.9 Å². The molecule has 0 saturated carbocycles. The predicted octanol–water partition coefficient (Wildman–Crippen LogP) is 3.05. The Bertz CT molecular complexity index is 422. The smallest absolute Gasteiger partial charge is 0.169 e. The van der Waals surface area contributed by atoms with Gasteiger partial charge in [0.05, 0.1) is 19.8 Å². The first-order valence-electron chi connectivity index (χ1n) is 6.96. The van der Waals surface area contributed by atoms with Gasteiger partial charge in [-0.25, -0.2) is 4.39 Å². The highest BCUT2D eigenvalue weighted by molar-refractivity contribution is 6.17. The summed E-state index contributed by atoms with van der Waals surface area (Å²) < 4.78 is 24.7. The second-order valence-corrected chi connectivity index (χ2v) is 5.35. The molecule has 1 aromatic carbocycles. The van der Waals surface area contributed by atoms with Gasteiger partial charge in [0, 0.05) is 31.1 Å². The Hall–Kier alpha value is -0.840. The molecule has 1 aliphatic rings. The minimum absolute atomic E-state index is 0.254. The number of nitrogens with zero attached hydrogens (tertiary/aromatic N) is 1. The van der Waals surface area contributed by atoms with E-state index >= 15 is 0 Å². The van der Waals surface area contributed by atoms with E-state index in [0.717, 1.165) is 25.9 Å². The van der Waals surface area contributed by atoms with Gasteiger partial charge in [0.25, 0.3) is 0 Å². The highest BCUT2D eigenvalue weighted by atomic mass is 35.5. The first-order chi connectivity index (χ1) is 9.74. The Morgan fingerprint density at radius 3 is 2.75 bits per heavy atom. The summed E-state index contributed by atoms with van der Waals surface area (Å²) in [5.41, 5.74) is 0.685. The minimum atomic E-state index is -0.254. The lowest BCUT2D eigenvalue weighted by Gasteiger charge is -2.31. The molecule has 3 nitrogen and oxygen atoms in total. The van der Waals surface area contributed by atoms with Crippen LogP contribution in [-0.2, 0) is 11.3 Å². The van der Waals surface area contributed by atoms with Gasteiger partial charge in [-0.15, -0.1) is 11.6 Å². The Labute approximate surface area is 124 Å². The third kappa shape index (κ3) is 4.08. The first kappa shape index (κ1) is 15.5. The van der Waals surface area contributed by atoms with E-state index in [0.29, 0.717) is 36.4 Å². The lowest BCUT2D eigenvalue weighted by atomic mass is 10.1. The summed E-state index contributed by atoms with van der Waals surface area (Å²) in [6.07, 6.45) is 2.24. The van der Waals surface area contributed by atoms with Gasteiger partial charge in [-0.1, -0.05) is 12.1 Å². The largest absolute Gasteiger partial charge is 0.494 e. The van der Waals surface area contributed by atoms with Crippen LogP contribution in [0, 0.1) is 5.82 Å². The molecule has 20 heavy (non-hydrogen) atoms. The molecular weight excluding hydrogens is 281 g/mol. The Kier molecular flexibility index (Phi) is 6.07. The molecule has 0 spiro atoms. The van der Waals surface area contributed by atoms with Crippen molar-refractivity contribution in [2.24, 2.45) is 0 Å². The monoisotopic (exact) mass is 301 g/mol. The SMILES string of the molecule is COc1cccc(CN2CCC(OCCCl)CC2)c1F. The summed E-state index contributed by atoms with van der Waals surface area (Å²) in [6, 6.07) is 5.28. The quantitative estimate of drug-likeness (QED) is 0.754. The number of hydrogen-bond acceptors (Lipinski definition) is 3. The predicted molar refractivity (Wildman–Crippen MR) is 77.9 cm³/mol. The van der Waals surface area contributed by atoms with Crippen molar-refractivity contribution in [3.63, 3.8) is 0 Å². The van der Waals surface area contributed by atoms with Gasteiger partial charge in [0.1, 0.15) is 0 Å². The maximum atomic E-state index is 14.1. The van der Waals surface area contributed by atoms with Gasteiger partial charge in [-0.3, -0.25) is 4.90 Å². The zero-order valence-electron chi connectivity index (χ0n) is 11.8. The Balaban J connectivity index is 1.86. The highest BCUT2D eigenvalue weighted by Gasteiger charge is 2.20. The lowest BCUT2D eigenvalue weighted by molar-refractivity contribution is 0.0132. The van der Waals surface area contributed by atoms with E-state index in [1.54, 1.807) is 6.07 Å². The van der Waals surface area contributed by atoms with Crippen molar-refractivity contribution >= 4 is 11.6 Å². The summed E-state index contributed by atoms with van der Waals surface area (Å²) >= 11 is 5.61. The zero-order chi connectivity index (χ0) is 14.4. The van der Waals surface area contributed by atoms with E-state index in [2.05, 4.69) is 4.90 Å². The third-order valence-electron chi connectivity index (χ3n) is 3.62. The van der Waals surface area contributed by atoms with Crippen LogP contribution in [0.4, 0.5) is 4.39 Å². The Morgan fingerprint density at radius 1 is 1.35 bits per heavy atom. The number of methoxy groups -OCH3 is 1. The summed E-state index contributed by atoms with van der Waals surface area (Å²) in [4.78, 5) is 2.25. The van der Waals surface area contributed by atoms with Crippen molar-refractivity contribution in [2.45, 2.75) is 25.5 Å². The van der Waals surface area contributed by atoms with Crippen molar-refractivity contribution in [1.29, 1.82) is 0 Å². The van der Waals surface area contributed by atoms with E-state index in [9.17, 15) is 4.39 Å². The molecule has 1 aliphatic heterocycles. The van der Waals surface area contributed by atoms with Crippen LogP contribution in [0.3, 0.4) is 0 Å². The molecule has 1 fully saturated rings. The van der Waals surface area contributed by atoms with Gasteiger partial charge >= 0.3 is 0 Å². The van der Waals surface area contributed by atoms with E-state index in [-0.39, 0.29) is 5.82 Å². The maximum Gasteiger partial charge on any atom is 0.169 e. The molecule has 0 radical (unpaired) electrons. The molecule has 1 aromatic rings. The fourth-order valence-corrected chi connectivity index (χ4v) is 2.61. The lowest BCUT2D eigenvalue weighted by Crippen LogP contribution is -2.37. The van der Waals surface area contributed by atoms with Crippen LogP contribution < -0.4 is 4.74 Å². The molecule has 0 bridgehead atoms. The van der Waals surface area contributed by atoms with Crippen LogP contribution in [0.5, 0.6) is 5.75 Å². The molecular formula is C15H21ClFNO2. The topological polar surface area (TPSA) is 21.7 Å². The number of rotatable bonds is 6. The molecule has 0 aliphatic carbocycles. The molecule has 0 N–H and O–H groups in total. The molecule has 112 valence electrons. The average Bonchev–Trinajstić information content (AvgIpc) is 2.48. The molecule has 0 aromatic heterocycles. The fourth-order valence-electron chi connectivity index (χ4n) is 2.52. The highest BCUT2D eigenvalue weighted by Crippen LogP contribution is 2.23. The second kappa shape index (κ2) is 7.81. The van der Waals surface area contributed by atoms with Crippen molar-refractivity contribution in [3.05, 3.63) is 29.6 Å². The molecule has 1 heterocycles. The van der Waals surface area contributed by atoms with Crippen molar-refractivity contribution in [1.82, 2.24) is 4.90 Å². The molecule has 0 atom stereocenters. The van der Waals surface area contributed by atoms with E-state index in [1.807, 2.05) is 12.1 Å². The van der Waals surface area contributed by atoms with E-state index in [4.69, 9.17) is 21.1 Å². The number of piperidine rings is 1. The van der Waals surface area contributed by atoms with Crippen molar-refractivity contribution in [2.75, 3.05) is 32.7 Å². The minimum Gasteiger partial charge on any atom is -0.494 e. The van der Waals surface area contributed by atoms with Crippen LogP contribution in [0.15, 0.2) is 18.2 Å². The third-order valence-corrected chi connectivity index (χ3v) is 3.78. The summed E-state index contributed by atoms with van der Waals surface area (Å²) in [6.45, 7) is 3.06. The average molecular weight is 302 g/mol. The van der Waals surface area contributed by atoms with Gasteiger partial charge in [0.2, 0.25) is 0 Å². The molecule has 2 rings (SSSR count). The van der Waals surface area contributed by atoms with E-state index in [1.165, 1.54) is 7.11 Å². The second-order valence-electron chi connectivity index (χ2n) is 4.97. The van der Waals surface area contributed by atoms with Crippen LogP contribution >= 0.6 is 11.6 Å². The van der Waals surface area contributed by atoms with E-state index < -0.39 is 0 Å². The summed E-state index contributed by atoms with van der Waals surface area (Å²) in [5.74, 6) is 0.591. The van der Waals surface area contributed by atoms with Gasteiger partial charge in [-0.2, -0.15) is 0 Å². The molecule has 0 unspecified atom stereocenters. The molecule has 1 saturated heterocycles. The Morgan fingerprint density at radius 2 is 2.10 bits per heavy atom. The number of halogens is 2. The molecule has 0 amide bonds. The van der Waals surface area contributed by atoms with Crippen LogP contribution in [0.25, 0.3) is 0 Å². The maximum absolute atomic E-state index is 14.1. The van der Waals surface area contributed by atoms with Gasteiger partial charge in [0.15, 0.2) is 11.6 Å². The van der Waals surface area contributed by atoms with Crippen molar-refractivity contribution in [3.8, 4) is 5.75 Å². The van der Waals surface area contributed by atoms with Gasteiger partial charge < -0.3 is 9.47 Å². The zero-order valence-corrected chi connectivity index (χ0v) is 12.5. The number of ether oxygens (including phenoxy) is 2.